The highest BCUT2D eigenvalue weighted by atomic mass is 19.1. The highest BCUT2D eigenvalue weighted by Crippen LogP contribution is 2.37. The van der Waals surface area contributed by atoms with Crippen molar-refractivity contribution < 1.29 is 18.4 Å². The van der Waals surface area contributed by atoms with Crippen LogP contribution in [0.15, 0.2) is 48.5 Å². The van der Waals surface area contributed by atoms with Crippen LogP contribution in [0.5, 0.6) is 0 Å². The Bertz CT molecular complexity index is 750. The average Bonchev–Trinajstić information content (AvgIpc) is 2.62. The van der Waals surface area contributed by atoms with Gasteiger partial charge in [-0.3, -0.25) is 9.59 Å². The van der Waals surface area contributed by atoms with Crippen LogP contribution in [0.4, 0.5) is 8.78 Å². The molecule has 0 bridgehead atoms. The van der Waals surface area contributed by atoms with Crippen LogP contribution >= 0.6 is 0 Å². The van der Waals surface area contributed by atoms with E-state index in [0.29, 0.717) is 12.0 Å². The maximum atomic E-state index is 13.3. The number of rotatable bonds is 5. The van der Waals surface area contributed by atoms with E-state index in [4.69, 9.17) is 0 Å². The van der Waals surface area contributed by atoms with Gasteiger partial charge >= 0.3 is 0 Å². The topological polar surface area (TPSA) is 34.1 Å². The van der Waals surface area contributed by atoms with E-state index in [1.54, 1.807) is 12.1 Å². The molecule has 0 heterocycles. The number of halogens is 2. The molecule has 2 aromatic rings. The summed E-state index contributed by atoms with van der Waals surface area (Å²) in [6.45, 7) is 0. The lowest BCUT2D eigenvalue weighted by atomic mass is 9.73. The fourth-order valence-electron chi connectivity index (χ4n) is 3.59. The quantitative estimate of drug-likeness (QED) is 0.710. The fourth-order valence-corrected chi connectivity index (χ4v) is 3.59. The van der Waals surface area contributed by atoms with Crippen molar-refractivity contribution in [3.8, 4) is 0 Å². The zero-order valence-electron chi connectivity index (χ0n) is 13.9. The fraction of sp³-hybridized carbons (Fsp3) is 0.333. The maximum absolute atomic E-state index is 13.3. The molecule has 1 aliphatic carbocycles. The number of benzene rings is 2. The number of carbonyl (C=O) groups excluding carboxylic acids is 2. The Kier molecular flexibility index (Phi) is 5.37. The van der Waals surface area contributed by atoms with Gasteiger partial charge in [-0.2, -0.15) is 0 Å². The van der Waals surface area contributed by atoms with Crippen molar-refractivity contribution in [1.29, 1.82) is 0 Å². The highest BCUT2D eigenvalue weighted by molar-refractivity contribution is 5.97. The maximum Gasteiger partial charge on any atom is 0.163 e. The first-order valence-corrected chi connectivity index (χ1v) is 8.61. The minimum Gasteiger partial charge on any atom is -0.299 e. The molecule has 1 fully saturated rings. The van der Waals surface area contributed by atoms with Crippen LogP contribution in [-0.4, -0.2) is 11.6 Å². The average molecular weight is 342 g/mol. The van der Waals surface area contributed by atoms with Crippen molar-refractivity contribution in [1.82, 2.24) is 0 Å². The SMILES string of the molecule is O=C(C[C@@H](c1ccc(F)cc1)[C@@H]1CCCCC1=O)c1ccc(F)cc1. The second-order valence-electron chi connectivity index (χ2n) is 6.61. The van der Waals surface area contributed by atoms with Crippen LogP contribution in [0.2, 0.25) is 0 Å². The Morgan fingerprint density at radius 1 is 0.960 bits per heavy atom. The molecule has 0 unspecified atom stereocenters. The molecule has 0 aromatic heterocycles. The van der Waals surface area contributed by atoms with Crippen molar-refractivity contribution in [3.05, 3.63) is 71.3 Å². The standard InChI is InChI=1S/C21H20F2O2/c22-16-9-5-14(6-10-16)19(18-3-1-2-4-20(18)24)13-21(25)15-7-11-17(23)12-8-15/h5-12,18-19H,1-4,13H2/t18-,19-/m0/s1. The highest BCUT2D eigenvalue weighted by Gasteiger charge is 2.32. The lowest BCUT2D eigenvalue weighted by molar-refractivity contribution is -0.125. The van der Waals surface area contributed by atoms with E-state index >= 15 is 0 Å². The van der Waals surface area contributed by atoms with Crippen molar-refractivity contribution in [3.63, 3.8) is 0 Å². The lowest BCUT2D eigenvalue weighted by Crippen LogP contribution is -2.27. The summed E-state index contributed by atoms with van der Waals surface area (Å²) in [5, 5.41) is 0. The van der Waals surface area contributed by atoms with Crippen molar-refractivity contribution in [2.45, 2.75) is 38.0 Å². The Balaban J connectivity index is 1.87. The molecular formula is C21H20F2O2. The Hall–Kier alpha value is -2.36. The van der Waals surface area contributed by atoms with E-state index < -0.39 is 5.82 Å². The van der Waals surface area contributed by atoms with Gasteiger partial charge in [-0.15, -0.1) is 0 Å². The van der Waals surface area contributed by atoms with E-state index in [9.17, 15) is 18.4 Å². The van der Waals surface area contributed by atoms with Crippen LogP contribution in [-0.2, 0) is 4.79 Å². The normalized spacial score (nSPS) is 18.8. The van der Waals surface area contributed by atoms with Crippen molar-refractivity contribution in [2.24, 2.45) is 5.92 Å². The Morgan fingerprint density at radius 2 is 1.56 bits per heavy atom. The van der Waals surface area contributed by atoms with Gasteiger partial charge in [0.25, 0.3) is 0 Å². The number of ketones is 2. The minimum atomic E-state index is -0.394. The van der Waals surface area contributed by atoms with Crippen LogP contribution < -0.4 is 0 Å². The van der Waals surface area contributed by atoms with E-state index in [1.807, 2.05) is 0 Å². The molecule has 0 saturated heterocycles. The monoisotopic (exact) mass is 342 g/mol. The molecule has 2 atom stereocenters. The van der Waals surface area contributed by atoms with Gasteiger partial charge in [0.15, 0.2) is 5.78 Å². The molecule has 0 N–H and O–H groups in total. The molecule has 0 amide bonds. The van der Waals surface area contributed by atoms with E-state index in [0.717, 1.165) is 24.8 Å². The van der Waals surface area contributed by atoms with Gasteiger partial charge in [0.2, 0.25) is 0 Å². The first-order chi connectivity index (χ1) is 12.0. The van der Waals surface area contributed by atoms with Gasteiger partial charge in [0.05, 0.1) is 0 Å². The summed E-state index contributed by atoms with van der Waals surface area (Å²) in [5.74, 6) is -1.19. The molecule has 0 radical (unpaired) electrons. The predicted molar refractivity (Wildman–Crippen MR) is 91.5 cm³/mol. The van der Waals surface area contributed by atoms with Crippen LogP contribution in [0.3, 0.4) is 0 Å². The first kappa shape index (κ1) is 17.5. The Morgan fingerprint density at radius 3 is 2.16 bits per heavy atom. The number of Topliss-reactive ketones (excluding diaryl/α,β-unsaturated/α-hetero) is 2. The van der Waals surface area contributed by atoms with Gasteiger partial charge in [-0.25, -0.2) is 8.78 Å². The summed E-state index contributed by atoms with van der Waals surface area (Å²) in [4.78, 5) is 25.1. The molecule has 25 heavy (non-hydrogen) atoms. The zero-order chi connectivity index (χ0) is 17.8. The summed E-state index contributed by atoms with van der Waals surface area (Å²) in [5.41, 5.74) is 1.23. The van der Waals surface area contributed by atoms with Gasteiger partial charge in [0.1, 0.15) is 17.4 Å². The van der Waals surface area contributed by atoms with E-state index in [1.165, 1.54) is 36.4 Å². The summed E-state index contributed by atoms with van der Waals surface area (Å²) >= 11 is 0. The molecule has 0 aliphatic heterocycles. The van der Waals surface area contributed by atoms with Crippen molar-refractivity contribution >= 4 is 11.6 Å². The van der Waals surface area contributed by atoms with Crippen LogP contribution in [0.25, 0.3) is 0 Å². The molecule has 1 aliphatic rings. The molecular weight excluding hydrogens is 322 g/mol. The number of hydrogen-bond donors (Lipinski definition) is 0. The molecule has 2 aromatic carbocycles. The van der Waals surface area contributed by atoms with Gasteiger partial charge < -0.3 is 0 Å². The third-order valence-electron chi connectivity index (χ3n) is 4.96. The molecule has 1 saturated carbocycles. The second-order valence-corrected chi connectivity index (χ2v) is 6.61. The van der Waals surface area contributed by atoms with Crippen LogP contribution in [0.1, 0.15) is 53.9 Å². The third-order valence-corrected chi connectivity index (χ3v) is 4.96. The molecule has 0 spiro atoms. The summed E-state index contributed by atoms with van der Waals surface area (Å²) in [6, 6.07) is 11.5. The zero-order valence-corrected chi connectivity index (χ0v) is 13.9. The second kappa shape index (κ2) is 7.68. The van der Waals surface area contributed by atoms with Gasteiger partial charge in [0, 0.05) is 30.2 Å². The molecule has 4 heteroatoms. The molecule has 130 valence electrons. The third kappa shape index (κ3) is 4.19. The molecule has 2 nitrogen and oxygen atoms in total. The van der Waals surface area contributed by atoms with Crippen molar-refractivity contribution in [2.75, 3.05) is 0 Å². The van der Waals surface area contributed by atoms with E-state index in [-0.39, 0.29) is 35.6 Å². The first-order valence-electron chi connectivity index (χ1n) is 8.61. The smallest absolute Gasteiger partial charge is 0.163 e. The van der Waals surface area contributed by atoms with Crippen LogP contribution in [0, 0.1) is 17.6 Å². The van der Waals surface area contributed by atoms with Gasteiger partial charge in [-0.05, 0) is 54.8 Å². The lowest BCUT2D eigenvalue weighted by Gasteiger charge is -2.29. The van der Waals surface area contributed by atoms with Gasteiger partial charge in [-0.1, -0.05) is 18.6 Å². The summed E-state index contributed by atoms with van der Waals surface area (Å²) < 4.78 is 26.3. The minimum absolute atomic E-state index is 0.132. The predicted octanol–water partition coefficient (Wildman–Crippen LogP) is 5.08. The van der Waals surface area contributed by atoms with E-state index in [2.05, 4.69) is 0 Å². The number of carbonyl (C=O) groups is 2. The summed E-state index contributed by atoms with van der Waals surface area (Å²) in [7, 11) is 0. The Labute approximate surface area is 145 Å². The number of hydrogen-bond acceptors (Lipinski definition) is 2. The summed E-state index contributed by atoms with van der Waals surface area (Å²) in [6.07, 6.45) is 3.29. The molecule has 3 rings (SSSR count). The largest absolute Gasteiger partial charge is 0.299 e.